The summed E-state index contributed by atoms with van der Waals surface area (Å²) in [6.45, 7) is 3.83. The van der Waals surface area contributed by atoms with Crippen molar-refractivity contribution in [1.82, 2.24) is 10.2 Å². The Morgan fingerprint density at radius 1 is 1.03 bits per heavy atom. The molecule has 0 saturated carbocycles. The van der Waals surface area contributed by atoms with Gasteiger partial charge in [-0.3, -0.25) is 9.59 Å². The molecule has 5 nitrogen and oxygen atoms in total. The third-order valence-electron chi connectivity index (χ3n) is 6.30. The first-order valence-corrected chi connectivity index (χ1v) is 11.2. The third kappa shape index (κ3) is 4.77. The molecule has 1 fully saturated rings. The summed E-state index contributed by atoms with van der Waals surface area (Å²) in [4.78, 5) is 27.7. The van der Waals surface area contributed by atoms with E-state index in [9.17, 15) is 9.59 Å². The van der Waals surface area contributed by atoms with Crippen LogP contribution in [0.25, 0.3) is 10.8 Å². The summed E-state index contributed by atoms with van der Waals surface area (Å²) in [6, 6.07) is 19.9. The van der Waals surface area contributed by atoms with Gasteiger partial charge in [0.1, 0.15) is 5.75 Å². The lowest BCUT2D eigenvalue weighted by atomic mass is 9.94. The van der Waals surface area contributed by atoms with Crippen molar-refractivity contribution in [2.45, 2.75) is 26.2 Å². The van der Waals surface area contributed by atoms with Crippen LogP contribution in [0.15, 0.2) is 60.7 Å². The third-order valence-corrected chi connectivity index (χ3v) is 6.30. The zero-order valence-corrected chi connectivity index (χ0v) is 18.8. The van der Waals surface area contributed by atoms with E-state index >= 15 is 0 Å². The van der Waals surface area contributed by atoms with Gasteiger partial charge in [0.15, 0.2) is 0 Å². The van der Waals surface area contributed by atoms with Gasteiger partial charge in [-0.15, -0.1) is 0 Å². The second-order valence-electron chi connectivity index (χ2n) is 8.45. The second kappa shape index (κ2) is 9.86. The molecule has 5 heteroatoms. The predicted octanol–water partition coefficient (Wildman–Crippen LogP) is 4.37. The van der Waals surface area contributed by atoms with Crippen molar-refractivity contribution in [3.63, 3.8) is 0 Å². The van der Waals surface area contributed by atoms with Crippen LogP contribution in [0.5, 0.6) is 5.75 Å². The average Bonchev–Trinajstić information content (AvgIpc) is 2.83. The highest BCUT2D eigenvalue weighted by Crippen LogP contribution is 2.24. The lowest BCUT2D eigenvalue weighted by molar-refractivity contribution is -0.126. The van der Waals surface area contributed by atoms with Gasteiger partial charge in [-0.25, -0.2) is 0 Å². The van der Waals surface area contributed by atoms with E-state index in [1.165, 1.54) is 5.56 Å². The zero-order valence-electron chi connectivity index (χ0n) is 18.8. The van der Waals surface area contributed by atoms with E-state index < -0.39 is 0 Å². The highest BCUT2D eigenvalue weighted by molar-refractivity contribution is 6.07. The van der Waals surface area contributed by atoms with Gasteiger partial charge in [-0.1, -0.05) is 54.1 Å². The van der Waals surface area contributed by atoms with Crippen molar-refractivity contribution in [3.05, 3.63) is 77.4 Å². The zero-order chi connectivity index (χ0) is 22.5. The number of fused-ring (bicyclic) bond motifs is 1. The Kier molecular flexibility index (Phi) is 6.74. The second-order valence-corrected chi connectivity index (χ2v) is 8.45. The van der Waals surface area contributed by atoms with Gasteiger partial charge in [0, 0.05) is 31.1 Å². The Bertz CT molecular complexity index is 1110. The van der Waals surface area contributed by atoms with Crippen LogP contribution in [0.2, 0.25) is 0 Å². The van der Waals surface area contributed by atoms with Crippen LogP contribution in [-0.2, 0) is 11.2 Å². The number of piperidine rings is 1. The van der Waals surface area contributed by atoms with Crippen molar-refractivity contribution >= 4 is 22.6 Å². The molecule has 3 aromatic rings. The maximum Gasteiger partial charge on any atom is 0.254 e. The number of amides is 2. The van der Waals surface area contributed by atoms with Crippen molar-refractivity contribution < 1.29 is 14.3 Å². The van der Waals surface area contributed by atoms with Gasteiger partial charge < -0.3 is 15.0 Å². The number of carbonyl (C=O) groups excluding carboxylic acids is 2. The molecule has 3 aromatic carbocycles. The highest BCUT2D eigenvalue weighted by atomic mass is 16.5. The van der Waals surface area contributed by atoms with Crippen LogP contribution in [0.3, 0.4) is 0 Å². The SMILES string of the molecule is COc1ccc(C)cc1CCNC(=O)C1CCN(C(=O)c2cccc3ccccc23)CC1. The Morgan fingerprint density at radius 2 is 1.78 bits per heavy atom. The molecular weight excluding hydrogens is 400 g/mol. The van der Waals surface area contributed by atoms with Gasteiger partial charge in [0.05, 0.1) is 7.11 Å². The van der Waals surface area contributed by atoms with E-state index in [1.807, 2.05) is 59.5 Å². The standard InChI is InChI=1S/C27H30N2O3/c1-19-10-11-25(32-2)22(18-19)12-15-28-26(30)21-13-16-29(17-14-21)27(31)24-9-5-7-20-6-3-4-8-23(20)24/h3-11,18,21H,12-17H2,1-2H3,(H,28,30). The maximum atomic E-state index is 13.1. The number of hydrogen-bond donors (Lipinski definition) is 1. The molecule has 0 spiro atoms. The van der Waals surface area contributed by atoms with Crippen LogP contribution >= 0.6 is 0 Å². The van der Waals surface area contributed by atoms with E-state index in [0.29, 0.717) is 32.5 Å². The summed E-state index contributed by atoms with van der Waals surface area (Å²) in [5.74, 6) is 0.928. The number of nitrogens with zero attached hydrogens (tertiary/aromatic N) is 1. The number of rotatable bonds is 6. The average molecular weight is 431 g/mol. The number of hydrogen-bond acceptors (Lipinski definition) is 3. The van der Waals surface area contributed by atoms with Crippen LogP contribution in [0.4, 0.5) is 0 Å². The summed E-state index contributed by atoms with van der Waals surface area (Å²) in [6.07, 6.45) is 2.11. The minimum Gasteiger partial charge on any atom is -0.496 e. The quantitative estimate of drug-likeness (QED) is 0.632. The Balaban J connectivity index is 1.30. The molecule has 0 unspecified atom stereocenters. The first-order valence-electron chi connectivity index (χ1n) is 11.2. The number of aryl methyl sites for hydroxylation is 1. The fourth-order valence-electron chi connectivity index (χ4n) is 4.49. The van der Waals surface area contributed by atoms with Gasteiger partial charge in [0.25, 0.3) is 5.91 Å². The smallest absolute Gasteiger partial charge is 0.254 e. The molecule has 2 amide bonds. The molecule has 166 valence electrons. The molecule has 0 aliphatic carbocycles. The van der Waals surface area contributed by atoms with E-state index in [4.69, 9.17) is 4.74 Å². The normalized spacial score (nSPS) is 14.4. The fraction of sp³-hybridized carbons (Fsp3) is 0.333. The number of nitrogens with one attached hydrogen (secondary N) is 1. The molecular formula is C27H30N2O3. The fourth-order valence-corrected chi connectivity index (χ4v) is 4.49. The first-order chi connectivity index (χ1) is 15.6. The number of ether oxygens (including phenoxy) is 1. The van der Waals surface area contributed by atoms with Crippen LogP contribution in [0, 0.1) is 12.8 Å². The summed E-state index contributed by atoms with van der Waals surface area (Å²) in [5, 5.41) is 5.12. The van der Waals surface area contributed by atoms with Gasteiger partial charge >= 0.3 is 0 Å². The molecule has 1 saturated heterocycles. The van der Waals surface area contributed by atoms with Crippen LogP contribution < -0.4 is 10.1 Å². The molecule has 32 heavy (non-hydrogen) atoms. The van der Waals surface area contributed by atoms with Crippen LogP contribution in [0.1, 0.15) is 34.3 Å². The summed E-state index contributed by atoms with van der Waals surface area (Å²) < 4.78 is 5.42. The van der Waals surface area contributed by atoms with Crippen molar-refractivity contribution in [3.8, 4) is 5.75 Å². The molecule has 0 radical (unpaired) electrons. The Morgan fingerprint density at radius 3 is 2.56 bits per heavy atom. The van der Waals surface area contributed by atoms with Crippen molar-refractivity contribution in [2.24, 2.45) is 5.92 Å². The van der Waals surface area contributed by atoms with Crippen molar-refractivity contribution in [2.75, 3.05) is 26.7 Å². The summed E-state index contributed by atoms with van der Waals surface area (Å²) >= 11 is 0. The van der Waals surface area contributed by atoms with E-state index in [-0.39, 0.29) is 17.7 Å². The highest BCUT2D eigenvalue weighted by Gasteiger charge is 2.28. The molecule has 0 bridgehead atoms. The van der Waals surface area contributed by atoms with Gasteiger partial charge in [0.2, 0.25) is 5.91 Å². The number of benzene rings is 3. The summed E-state index contributed by atoms with van der Waals surface area (Å²) in [7, 11) is 1.67. The molecule has 1 aliphatic rings. The first kappa shape index (κ1) is 21.9. The summed E-state index contributed by atoms with van der Waals surface area (Å²) in [5.41, 5.74) is 3.01. The molecule has 1 N–H and O–H groups in total. The number of likely N-dealkylation sites (tertiary alicyclic amines) is 1. The van der Waals surface area contributed by atoms with E-state index in [1.54, 1.807) is 7.11 Å². The predicted molar refractivity (Wildman–Crippen MR) is 127 cm³/mol. The molecule has 1 aliphatic heterocycles. The van der Waals surface area contributed by atoms with Gasteiger partial charge in [-0.05, 0) is 54.7 Å². The maximum absolute atomic E-state index is 13.1. The van der Waals surface area contributed by atoms with Gasteiger partial charge in [-0.2, -0.15) is 0 Å². The lowest BCUT2D eigenvalue weighted by Gasteiger charge is -2.31. The molecule has 0 atom stereocenters. The van der Waals surface area contributed by atoms with E-state index in [0.717, 1.165) is 34.1 Å². The Labute approximate surface area is 189 Å². The van der Waals surface area contributed by atoms with Crippen LogP contribution in [-0.4, -0.2) is 43.5 Å². The number of methoxy groups -OCH3 is 1. The molecule has 1 heterocycles. The topological polar surface area (TPSA) is 58.6 Å². The molecule has 4 rings (SSSR count). The largest absolute Gasteiger partial charge is 0.496 e. The Hall–Kier alpha value is -3.34. The monoisotopic (exact) mass is 430 g/mol. The minimum absolute atomic E-state index is 0.0483. The van der Waals surface area contributed by atoms with Crippen molar-refractivity contribution in [1.29, 1.82) is 0 Å². The number of carbonyl (C=O) groups is 2. The lowest BCUT2D eigenvalue weighted by Crippen LogP contribution is -2.43. The van der Waals surface area contributed by atoms with E-state index in [2.05, 4.69) is 18.3 Å². The molecule has 0 aromatic heterocycles. The minimum atomic E-state index is -0.0500.